The summed E-state index contributed by atoms with van der Waals surface area (Å²) in [6, 6.07) is 16.5. The average molecular weight is 447 g/mol. The second-order valence-electron chi connectivity index (χ2n) is 7.17. The SMILES string of the molecule is COc1ccc(CN2C(=NC(=O)COc3ccccc3)S[C@@H]3CS(=O)(=O)C[C@@H]32)cc1. The largest absolute Gasteiger partial charge is 0.497 e. The van der Waals surface area contributed by atoms with Crippen molar-refractivity contribution in [3.05, 3.63) is 60.2 Å². The number of benzene rings is 2. The number of amidine groups is 1. The Hall–Kier alpha value is -2.52. The van der Waals surface area contributed by atoms with Crippen LogP contribution >= 0.6 is 11.8 Å². The minimum absolute atomic E-state index is 0.0779. The fourth-order valence-electron chi connectivity index (χ4n) is 3.55. The first-order chi connectivity index (χ1) is 14.4. The number of sulfone groups is 1. The van der Waals surface area contributed by atoms with E-state index in [0.717, 1.165) is 11.3 Å². The number of thioether (sulfide) groups is 1. The summed E-state index contributed by atoms with van der Waals surface area (Å²) in [7, 11) is -1.48. The van der Waals surface area contributed by atoms with Crippen LogP contribution in [0.25, 0.3) is 0 Å². The van der Waals surface area contributed by atoms with Crippen molar-refractivity contribution in [2.45, 2.75) is 17.8 Å². The van der Waals surface area contributed by atoms with Gasteiger partial charge in [-0.15, -0.1) is 0 Å². The molecule has 2 aromatic rings. The Morgan fingerprint density at radius 2 is 1.83 bits per heavy atom. The molecular formula is C21H22N2O5S2. The molecule has 2 fully saturated rings. The highest BCUT2D eigenvalue weighted by atomic mass is 32.2. The third-order valence-corrected chi connectivity index (χ3v) is 8.26. The Kier molecular flexibility index (Phi) is 6.01. The Labute approximate surface area is 180 Å². The molecule has 30 heavy (non-hydrogen) atoms. The van der Waals surface area contributed by atoms with Crippen molar-refractivity contribution in [3.63, 3.8) is 0 Å². The summed E-state index contributed by atoms with van der Waals surface area (Å²) in [4.78, 5) is 18.6. The Balaban J connectivity index is 1.51. The van der Waals surface area contributed by atoms with Crippen molar-refractivity contribution >= 4 is 32.7 Å². The third-order valence-electron chi connectivity index (χ3n) is 5.01. The van der Waals surface area contributed by atoms with Crippen molar-refractivity contribution in [1.29, 1.82) is 0 Å². The average Bonchev–Trinajstić information content (AvgIpc) is 3.19. The molecule has 2 aromatic carbocycles. The van der Waals surface area contributed by atoms with Gasteiger partial charge in [-0.1, -0.05) is 42.1 Å². The molecule has 2 aliphatic rings. The van der Waals surface area contributed by atoms with E-state index in [9.17, 15) is 13.2 Å². The number of nitrogens with zero attached hydrogens (tertiary/aromatic N) is 2. The molecule has 158 valence electrons. The van der Waals surface area contributed by atoms with E-state index in [0.29, 0.717) is 17.5 Å². The molecule has 0 saturated carbocycles. The molecule has 0 N–H and O–H groups in total. The highest BCUT2D eigenvalue weighted by Crippen LogP contribution is 2.39. The zero-order valence-corrected chi connectivity index (χ0v) is 18.1. The molecule has 0 bridgehead atoms. The van der Waals surface area contributed by atoms with Crippen LogP contribution in [0.1, 0.15) is 5.56 Å². The second-order valence-corrected chi connectivity index (χ2v) is 10.5. The maximum absolute atomic E-state index is 12.4. The first-order valence-corrected chi connectivity index (χ1v) is 12.2. The number of para-hydroxylation sites is 1. The molecule has 4 rings (SSSR count). The third kappa shape index (κ3) is 4.79. The molecule has 0 spiro atoms. The predicted octanol–water partition coefficient (Wildman–Crippen LogP) is 2.37. The molecule has 9 heteroatoms. The fraction of sp³-hybridized carbons (Fsp3) is 0.333. The van der Waals surface area contributed by atoms with E-state index in [4.69, 9.17) is 9.47 Å². The van der Waals surface area contributed by atoms with Crippen molar-refractivity contribution in [3.8, 4) is 11.5 Å². The topological polar surface area (TPSA) is 85.3 Å². The van der Waals surface area contributed by atoms with Gasteiger partial charge in [0.2, 0.25) is 0 Å². The lowest BCUT2D eigenvalue weighted by Gasteiger charge is -2.24. The van der Waals surface area contributed by atoms with Gasteiger partial charge in [0.15, 0.2) is 21.6 Å². The van der Waals surface area contributed by atoms with Crippen LogP contribution in [0.15, 0.2) is 59.6 Å². The lowest BCUT2D eigenvalue weighted by atomic mass is 10.1. The molecule has 2 aliphatic heterocycles. The van der Waals surface area contributed by atoms with Crippen molar-refractivity contribution < 1.29 is 22.7 Å². The second kappa shape index (κ2) is 8.69. The van der Waals surface area contributed by atoms with E-state index in [1.54, 1.807) is 19.2 Å². The maximum atomic E-state index is 12.4. The Morgan fingerprint density at radius 3 is 2.53 bits per heavy atom. The Morgan fingerprint density at radius 1 is 1.10 bits per heavy atom. The van der Waals surface area contributed by atoms with Crippen molar-refractivity contribution in [2.24, 2.45) is 4.99 Å². The monoisotopic (exact) mass is 446 g/mol. The number of hydrogen-bond donors (Lipinski definition) is 0. The molecule has 0 radical (unpaired) electrons. The quantitative estimate of drug-likeness (QED) is 0.673. The number of fused-ring (bicyclic) bond motifs is 1. The zero-order valence-electron chi connectivity index (χ0n) is 16.4. The number of rotatable bonds is 6. The Bertz CT molecular complexity index is 1040. The lowest BCUT2D eigenvalue weighted by molar-refractivity contribution is -0.119. The molecule has 0 aromatic heterocycles. The van der Waals surface area contributed by atoms with Crippen LogP contribution in [0.5, 0.6) is 11.5 Å². The summed E-state index contributed by atoms with van der Waals surface area (Å²) in [6.07, 6.45) is 0. The van der Waals surface area contributed by atoms with Gasteiger partial charge in [-0.25, -0.2) is 8.42 Å². The molecule has 1 amide bonds. The van der Waals surface area contributed by atoms with Gasteiger partial charge in [0, 0.05) is 11.8 Å². The number of methoxy groups -OCH3 is 1. The number of carbonyl (C=O) groups excluding carboxylic acids is 1. The first kappa shape index (κ1) is 20.7. The maximum Gasteiger partial charge on any atom is 0.285 e. The number of carbonyl (C=O) groups is 1. The highest BCUT2D eigenvalue weighted by molar-refractivity contribution is 8.15. The van der Waals surface area contributed by atoms with Crippen LogP contribution in [0.2, 0.25) is 0 Å². The zero-order chi connectivity index (χ0) is 21.1. The van der Waals surface area contributed by atoms with Gasteiger partial charge in [0.25, 0.3) is 5.91 Å². The molecule has 2 saturated heterocycles. The molecule has 7 nitrogen and oxygen atoms in total. The summed E-state index contributed by atoms with van der Waals surface area (Å²) >= 11 is 1.36. The van der Waals surface area contributed by atoms with Gasteiger partial charge in [0.05, 0.1) is 24.7 Å². The van der Waals surface area contributed by atoms with Gasteiger partial charge in [0.1, 0.15) is 11.5 Å². The van der Waals surface area contributed by atoms with Gasteiger partial charge >= 0.3 is 0 Å². The molecule has 2 heterocycles. The van der Waals surface area contributed by atoms with Crippen LogP contribution in [-0.2, 0) is 21.2 Å². The van der Waals surface area contributed by atoms with Gasteiger partial charge in [-0.2, -0.15) is 4.99 Å². The van der Waals surface area contributed by atoms with E-state index in [1.165, 1.54) is 11.8 Å². The fourth-order valence-corrected chi connectivity index (χ4v) is 7.52. The van der Waals surface area contributed by atoms with Crippen molar-refractivity contribution in [1.82, 2.24) is 4.90 Å². The van der Waals surface area contributed by atoms with Gasteiger partial charge in [-0.05, 0) is 29.8 Å². The van der Waals surface area contributed by atoms with E-state index in [2.05, 4.69) is 4.99 Å². The van der Waals surface area contributed by atoms with Crippen LogP contribution in [-0.4, -0.2) is 60.9 Å². The molecule has 2 atom stereocenters. The van der Waals surface area contributed by atoms with E-state index in [1.807, 2.05) is 47.4 Å². The van der Waals surface area contributed by atoms with Gasteiger partial charge < -0.3 is 14.4 Å². The number of aliphatic imine (C=N–C) groups is 1. The minimum Gasteiger partial charge on any atom is -0.497 e. The first-order valence-electron chi connectivity index (χ1n) is 9.49. The number of hydrogen-bond acceptors (Lipinski definition) is 6. The summed E-state index contributed by atoms with van der Waals surface area (Å²) in [5.74, 6) is 1.13. The van der Waals surface area contributed by atoms with Crippen LogP contribution in [0, 0.1) is 0 Å². The highest BCUT2D eigenvalue weighted by Gasteiger charge is 2.48. The van der Waals surface area contributed by atoms with E-state index in [-0.39, 0.29) is 29.4 Å². The predicted molar refractivity (Wildman–Crippen MR) is 117 cm³/mol. The molecular weight excluding hydrogens is 424 g/mol. The minimum atomic E-state index is -3.09. The summed E-state index contributed by atoms with van der Waals surface area (Å²) < 4.78 is 34.9. The van der Waals surface area contributed by atoms with Crippen LogP contribution < -0.4 is 9.47 Å². The lowest BCUT2D eigenvalue weighted by Crippen LogP contribution is -2.37. The van der Waals surface area contributed by atoms with Crippen LogP contribution in [0.4, 0.5) is 0 Å². The van der Waals surface area contributed by atoms with E-state index < -0.39 is 15.7 Å². The number of ether oxygens (including phenoxy) is 2. The molecule has 0 aliphatic carbocycles. The van der Waals surface area contributed by atoms with Crippen LogP contribution in [0.3, 0.4) is 0 Å². The van der Waals surface area contributed by atoms with Gasteiger partial charge in [-0.3, -0.25) is 4.79 Å². The smallest absolute Gasteiger partial charge is 0.285 e. The summed E-state index contributed by atoms with van der Waals surface area (Å²) in [6.45, 7) is 0.303. The molecule has 0 unspecified atom stereocenters. The van der Waals surface area contributed by atoms with E-state index >= 15 is 0 Å². The van der Waals surface area contributed by atoms with Crippen molar-refractivity contribution in [2.75, 3.05) is 25.2 Å². The standard InChI is InChI=1S/C21H22N2O5S2/c1-27-16-9-7-15(8-10-16)11-23-18-13-30(25,26)14-19(18)29-21(23)22-20(24)12-28-17-5-3-2-4-6-17/h2-10,18-19H,11-14H2,1H3/t18-,19+/m0/s1. The number of amides is 1. The normalized spacial score (nSPS) is 23.4. The summed E-state index contributed by atoms with van der Waals surface area (Å²) in [5.41, 5.74) is 0.988. The summed E-state index contributed by atoms with van der Waals surface area (Å²) in [5, 5.41) is 0.437.